The van der Waals surface area contributed by atoms with Crippen molar-refractivity contribution < 1.29 is 33.7 Å². The number of urea groups is 1. The van der Waals surface area contributed by atoms with Gasteiger partial charge in [0, 0.05) is 26.2 Å². The zero-order chi connectivity index (χ0) is 30.4. The highest BCUT2D eigenvalue weighted by molar-refractivity contribution is 6.30. The molecule has 2 aromatic carbocycles. The number of benzene rings is 2. The molecule has 0 radical (unpaired) electrons. The van der Waals surface area contributed by atoms with Crippen molar-refractivity contribution in [1.82, 2.24) is 14.7 Å². The third-order valence-electron chi connectivity index (χ3n) is 8.35. The van der Waals surface area contributed by atoms with Crippen molar-refractivity contribution in [2.24, 2.45) is 5.92 Å². The fourth-order valence-corrected chi connectivity index (χ4v) is 6.51. The Labute approximate surface area is 250 Å². The zero-order valence-corrected chi connectivity index (χ0v) is 24.9. The zero-order valence-electron chi connectivity index (χ0n) is 24.2. The summed E-state index contributed by atoms with van der Waals surface area (Å²) in [4.78, 5) is 37.8. The minimum absolute atomic E-state index is 0.120. The highest BCUT2D eigenvalue weighted by Gasteiger charge is 2.34. The third kappa shape index (κ3) is 7.72. The lowest BCUT2D eigenvalue weighted by Crippen LogP contribution is -2.35. The Bertz CT molecular complexity index is 1300. The quantitative estimate of drug-likeness (QED) is 0.321. The molecule has 42 heavy (non-hydrogen) atoms. The van der Waals surface area contributed by atoms with Crippen LogP contribution in [-0.2, 0) is 17.8 Å². The number of hydrogen-bond acceptors (Lipinski definition) is 5. The second-order valence-electron chi connectivity index (χ2n) is 11.3. The molecule has 2 fully saturated rings. The van der Waals surface area contributed by atoms with E-state index < -0.39 is 6.16 Å². The summed E-state index contributed by atoms with van der Waals surface area (Å²) >= 11 is 6.09. The third-order valence-corrected chi connectivity index (χ3v) is 8.64. The molecule has 2 N–H and O–H groups in total. The SMILES string of the molecule is Cc1cc(CN(CC2CCCCC2)[C@H]2CCc3c2ccc(Cl)c3F)ccc1OCCN1C(=O)CN(C)C1=O.O=C(O)O. The number of nitrogens with zero attached hydrogens (tertiary/aromatic N) is 3. The van der Waals surface area contributed by atoms with E-state index in [-0.39, 0.29) is 48.5 Å². The number of halogens is 2. The van der Waals surface area contributed by atoms with E-state index in [1.165, 1.54) is 47.5 Å². The van der Waals surface area contributed by atoms with Crippen molar-refractivity contribution in [3.63, 3.8) is 0 Å². The maximum atomic E-state index is 14.8. The van der Waals surface area contributed by atoms with Gasteiger partial charge in [-0.1, -0.05) is 49.1 Å². The Morgan fingerprint density at radius 2 is 1.83 bits per heavy atom. The van der Waals surface area contributed by atoms with E-state index in [9.17, 15) is 14.0 Å². The van der Waals surface area contributed by atoms with Crippen LogP contribution in [0.15, 0.2) is 30.3 Å². The number of carbonyl (C=O) groups excluding carboxylic acids is 2. The van der Waals surface area contributed by atoms with E-state index in [0.717, 1.165) is 48.4 Å². The van der Waals surface area contributed by atoms with E-state index in [2.05, 4.69) is 17.0 Å². The van der Waals surface area contributed by atoms with Gasteiger partial charge in [0.15, 0.2) is 0 Å². The van der Waals surface area contributed by atoms with Crippen molar-refractivity contribution in [3.05, 3.63) is 63.4 Å². The number of carbonyl (C=O) groups is 3. The van der Waals surface area contributed by atoms with Gasteiger partial charge in [-0.3, -0.25) is 14.6 Å². The minimum atomic E-state index is -1.83. The highest BCUT2D eigenvalue weighted by Crippen LogP contribution is 2.41. The molecule has 9 nitrogen and oxygen atoms in total. The molecule has 2 aliphatic carbocycles. The number of aryl methyl sites for hydroxylation is 1. The van der Waals surface area contributed by atoms with Crippen molar-refractivity contribution in [2.75, 3.05) is 33.3 Å². The van der Waals surface area contributed by atoms with Crippen LogP contribution in [0.2, 0.25) is 5.02 Å². The van der Waals surface area contributed by atoms with Crippen LogP contribution in [0.4, 0.5) is 14.0 Å². The molecule has 0 spiro atoms. The van der Waals surface area contributed by atoms with Gasteiger partial charge in [-0.2, -0.15) is 0 Å². The van der Waals surface area contributed by atoms with Crippen LogP contribution in [0.3, 0.4) is 0 Å². The molecule has 1 heterocycles. The van der Waals surface area contributed by atoms with Gasteiger partial charge < -0.3 is 19.8 Å². The number of fused-ring (bicyclic) bond motifs is 1. The lowest BCUT2D eigenvalue weighted by atomic mass is 9.88. The van der Waals surface area contributed by atoms with Gasteiger partial charge in [0.2, 0.25) is 5.91 Å². The smallest absolute Gasteiger partial charge is 0.491 e. The van der Waals surface area contributed by atoms with Gasteiger partial charge in [0.1, 0.15) is 24.7 Å². The summed E-state index contributed by atoms with van der Waals surface area (Å²) in [5.74, 6) is 0.971. The standard InChI is InChI=1S/C30H37ClFN3O3.CH2O3/c1-20-16-22(8-13-27(20)38-15-14-35-28(36)19-33(2)30(35)37)18-34(17-21-6-4-3-5-7-21)26-12-10-24-23(26)9-11-25(31)29(24)32;2-1(3)4/h8-9,11,13,16,21,26H,3-7,10,12,14-15,17-19H2,1-2H3;(H2,2,3,4)/t26-;/m0./s1. The number of hydrogen-bond donors (Lipinski definition) is 2. The first-order valence-electron chi connectivity index (χ1n) is 14.5. The Morgan fingerprint density at radius 3 is 2.48 bits per heavy atom. The van der Waals surface area contributed by atoms with Crippen LogP contribution >= 0.6 is 11.6 Å². The van der Waals surface area contributed by atoms with Crippen LogP contribution in [0.25, 0.3) is 0 Å². The van der Waals surface area contributed by atoms with Crippen LogP contribution in [-0.4, -0.2) is 76.3 Å². The summed E-state index contributed by atoms with van der Waals surface area (Å²) in [7, 11) is 1.62. The van der Waals surface area contributed by atoms with Gasteiger partial charge in [0.25, 0.3) is 0 Å². The fourth-order valence-electron chi connectivity index (χ4n) is 6.34. The molecule has 1 aliphatic heterocycles. The summed E-state index contributed by atoms with van der Waals surface area (Å²) in [6.45, 7) is 4.43. The second-order valence-corrected chi connectivity index (χ2v) is 11.7. The van der Waals surface area contributed by atoms with Crippen LogP contribution < -0.4 is 4.74 Å². The molecule has 1 saturated carbocycles. The van der Waals surface area contributed by atoms with E-state index in [4.69, 9.17) is 31.3 Å². The average Bonchev–Trinajstić information content (AvgIpc) is 3.48. The topological polar surface area (TPSA) is 111 Å². The van der Waals surface area contributed by atoms with Gasteiger partial charge in [0.05, 0.1) is 11.6 Å². The summed E-state index contributed by atoms with van der Waals surface area (Å²) in [6, 6.07) is 9.84. The molecule has 3 aliphatic rings. The van der Waals surface area contributed by atoms with E-state index in [0.29, 0.717) is 5.92 Å². The van der Waals surface area contributed by atoms with Gasteiger partial charge in [-0.05, 0) is 72.9 Å². The Balaban J connectivity index is 0.000000952. The highest BCUT2D eigenvalue weighted by atomic mass is 35.5. The lowest BCUT2D eigenvalue weighted by molar-refractivity contribution is -0.125. The normalized spacial score (nSPS) is 18.7. The van der Waals surface area contributed by atoms with Gasteiger partial charge >= 0.3 is 12.2 Å². The fraction of sp³-hybridized carbons (Fsp3) is 0.516. The number of rotatable bonds is 9. The number of ether oxygens (including phenoxy) is 1. The maximum absolute atomic E-state index is 14.8. The molecule has 228 valence electrons. The molecular weight excluding hydrogens is 565 g/mol. The lowest BCUT2D eigenvalue weighted by Gasteiger charge is -2.34. The molecular formula is C31H39ClFN3O6. The van der Waals surface area contributed by atoms with Gasteiger partial charge in [-0.25, -0.2) is 14.0 Å². The van der Waals surface area contributed by atoms with Crippen LogP contribution in [0, 0.1) is 18.7 Å². The molecule has 0 bridgehead atoms. The number of likely N-dealkylation sites (N-methyl/N-ethyl adjacent to an activating group) is 1. The van der Waals surface area contributed by atoms with E-state index >= 15 is 0 Å². The minimum Gasteiger partial charge on any atom is -0.491 e. The van der Waals surface area contributed by atoms with E-state index in [1.807, 2.05) is 19.1 Å². The van der Waals surface area contributed by atoms with Crippen molar-refractivity contribution in [1.29, 1.82) is 0 Å². The molecule has 1 saturated heterocycles. The predicted octanol–water partition coefficient (Wildman–Crippen LogP) is 6.35. The summed E-state index contributed by atoms with van der Waals surface area (Å²) in [5.41, 5.74) is 4.06. The molecule has 0 aromatic heterocycles. The molecule has 11 heteroatoms. The summed E-state index contributed by atoms with van der Waals surface area (Å²) < 4.78 is 20.7. The van der Waals surface area contributed by atoms with E-state index in [1.54, 1.807) is 13.1 Å². The Hall–Kier alpha value is -3.37. The predicted molar refractivity (Wildman–Crippen MR) is 157 cm³/mol. The molecule has 3 amide bonds. The monoisotopic (exact) mass is 603 g/mol. The van der Waals surface area contributed by atoms with Crippen molar-refractivity contribution in [3.8, 4) is 5.75 Å². The van der Waals surface area contributed by atoms with Crippen molar-refractivity contribution in [2.45, 2.75) is 64.5 Å². The first-order chi connectivity index (χ1) is 20.0. The average molecular weight is 604 g/mol. The van der Waals surface area contributed by atoms with Crippen LogP contribution in [0.5, 0.6) is 5.75 Å². The van der Waals surface area contributed by atoms with Gasteiger partial charge in [-0.15, -0.1) is 0 Å². The van der Waals surface area contributed by atoms with Crippen LogP contribution in [0.1, 0.15) is 66.8 Å². The second kappa shape index (κ2) is 14.2. The number of carboxylic acid groups (broad SMARTS) is 2. The first kappa shape index (κ1) is 31.6. The maximum Gasteiger partial charge on any atom is 0.503 e. The summed E-state index contributed by atoms with van der Waals surface area (Å²) in [6.07, 6.45) is 6.22. The number of amides is 3. The largest absolute Gasteiger partial charge is 0.503 e. The molecule has 5 rings (SSSR count). The Kier molecular flexibility index (Phi) is 10.7. The number of imide groups is 1. The Morgan fingerprint density at radius 1 is 1.12 bits per heavy atom. The summed E-state index contributed by atoms with van der Waals surface area (Å²) in [5, 5.41) is 14.2. The molecule has 2 aromatic rings. The first-order valence-corrected chi connectivity index (χ1v) is 14.8. The molecule has 1 atom stereocenters. The molecule has 0 unspecified atom stereocenters. The van der Waals surface area contributed by atoms with Crippen molar-refractivity contribution >= 4 is 29.7 Å².